The van der Waals surface area contributed by atoms with Gasteiger partial charge >= 0.3 is 11.9 Å². The summed E-state index contributed by atoms with van der Waals surface area (Å²) >= 11 is 0. The van der Waals surface area contributed by atoms with E-state index in [-0.39, 0.29) is 31.3 Å². The standard InChI is InChI=1S/C33H39N5O6/c1-33(2,3)44-27(39)12-20-11-23(32(41)42)18-37(16-20)31(40)22-13-24-28(26(15-22)43-5)36(4)30(35-24)25-14-21-7-6-10-34-29(21)38(25)17-19-8-9-19/h6-7,10,13-15,19-20,23H,8-9,11-12,16-18H2,1-5H3,(H,41,42). The van der Waals surface area contributed by atoms with Crippen molar-refractivity contribution in [1.29, 1.82) is 0 Å². The van der Waals surface area contributed by atoms with E-state index in [1.54, 1.807) is 46.2 Å². The summed E-state index contributed by atoms with van der Waals surface area (Å²) in [6, 6.07) is 9.51. The van der Waals surface area contributed by atoms with Crippen molar-refractivity contribution in [2.24, 2.45) is 24.8 Å². The summed E-state index contributed by atoms with van der Waals surface area (Å²) in [5, 5.41) is 10.9. The van der Waals surface area contributed by atoms with E-state index in [4.69, 9.17) is 14.5 Å². The van der Waals surface area contributed by atoms with E-state index >= 15 is 0 Å². The topological polar surface area (TPSA) is 129 Å². The number of hydrogen-bond donors (Lipinski definition) is 1. The van der Waals surface area contributed by atoms with Crippen LogP contribution in [0.1, 0.15) is 56.8 Å². The minimum atomic E-state index is -0.991. The second-order valence-corrected chi connectivity index (χ2v) is 13.2. The van der Waals surface area contributed by atoms with Gasteiger partial charge in [-0.3, -0.25) is 14.4 Å². The molecule has 1 amide bonds. The van der Waals surface area contributed by atoms with Crippen LogP contribution < -0.4 is 4.74 Å². The van der Waals surface area contributed by atoms with Gasteiger partial charge in [0.1, 0.15) is 22.5 Å². The third-order valence-corrected chi connectivity index (χ3v) is 8.47. The Bertz CT molecular complexity index is 1760. The fraction of sp³-hybridized carbons (Fsp3) is 0.485. The number of fused-ring (bicyclic) bond motifs is 2. The van der Waals surface area contributed by atoms with Crippen molar-refractivity contribution in [1.82, 2.24) is 24.0 Å². The Hall–Kier alpha value is -4.41. The monoisotopic (exact) mass is 601 g/mol. The van der Waals surface area contributed by atoms with Crippen LogP contribution in [0.5, 0.6) is 5.75 Å². The van der Waals surface area contributed by atoms with Gasteiger partial charge in [0.15, 0.2) is 5.82 Å². The van der Waals surface area contributed by atoms with E-state index in [0.29, 0.717) is 29.2 Å². The molecule has 2 aliphatic rings. The molecule has 2 atom stereocenters. The lowest BCUT2D eigenvalue weighted by Gasteiger charge is -2.36. The zero-order chi connectivity index (χ0) is 31.3. The molecule has 0 spiro atoms. The summed E-state index contributed by atoms with van der Waals surface area (Å²) in [6.07, 6.45) is 4.55. The van der Waals surface area contributed by atoms with Crippen molar-refractivity contribution in [2.75, 3.05) is 20.2 Å². The molecular weight excluding hydrogens is 562 g/mol. The molecule has 11 heteroatoms. The SMILES string of the molecule is COc1cc(C(=O)N2CC(CC(=O)OC(C)(C)C)CC(C(=O)O)C2)cc2nc(-c3cc4cccnc4n3CC3CC3)n(C)c12. The molecule has 3 aromatic heterocycles. The minimum Gasteiger partial charge on any atom is -0.494 e. The Morgan fingerprint density at radius 1 is 1.09 bits per heavy atom. The fourth-order valence-electron chi connectivity index (χ4n) is 6.33. The van der Waals surface area contributed by atoms with E-state index in [9.17, 15) is 19.5 Å². The maximum atomic E-state index is 13.9. The number of rotatable bonds is 8. The highest BCUT2D eigenvalue weighted by Crippen LogP contribution is 2.38. The number of ether oxygens (including phenoxy) is 2. The summed E-state index contributed by atoms with van der Waals surface area (Å²) < 4.78 is 15.5. The molecule has 4 aromatic rings. The molecule has 44 heavy (non-hydrogen) atoms. The number of nitrogens with zero attached hydrogens (tertiary/aromatic N) is 5. The van der Waals surface area contributed by atoms with Crippen molar-refractivity contribution in [2.45, 2.75) is 58.6 Å². The van der Waals surface area contributed by atoms with Gasteiger partial charge in [-0.1, -0.05) is 0 Å². The van der Waals surface area contributed by atoms with Crippen LogP contribution in [0.4, 0.5) is 0 Å². The average Bonchev–Trinajstić information content (AvgIpc) is 3.64. The molecule has 2 fully saturated rings. The van der Waals surface area contributed by atoms with Gasteiger partial charge in [-0.25, -0.2) is 9.97 Å². The lowest BCUT2D eigenvalue weighted by molar-refractivity contribution is -0.157. The first-order valence-electron chi connectivity index (χ1n) is 15.1. The van der Waals surface area contributed by atoms with Crippen LogP contribution in [0.15, 0.2) is 36.5 Å². The Morgan fingerprint density at radius 3 is 2.55 bits per heavy atom. The van der Waals surface area contributed by atoms with Crippen LogP contribution in [0, 0.1) is 17.8 Å². The summed E-state index contributed by atoms with van der Waals surface area (Å²) in [7, 11) is 3.49. The minimum absolute atomic E-state index is 0.0422. The zero-order valence-corrected chi connectivity index (χ0v) is 25.9. The number of piperidine rings is 1. The van der Waals surface area contributed by atoms with Gasteiger partial charge in [-0.15, -0.1) is 0 Å². The van der Waals surface area contributed by atoms with Gasteiger partial charge in [0, 0.05) is 43.8 Å². The fourth-order valence-corrected chi connectivity index (χ4v) is 6.33. The molecule has 0 radical (unpaired) electrons. The molecule has 1 saturated carbocycles. The smallest absolute Gasteiger partial charge is 0.308 e. The largest absolute Gasteiger partial charge is 0.494 e. The molecule has 11 nitrogen and oxygen atoms in total. The number of methoxy groups -OCH3 is 1. The van der Waals surface area contributed by atoms with Crippen LogP contribution in [0.25, 0.3) is 33.6 Å². The first-order valence-corrected chi connectivity index (χ1v) is 15.1. The highest BCUT2D eigenvalue weighted by atomic mass is 16.6. The second kappa shape index (κ2) is 11.3. The Labute approximate surface area is 255 Å². The van der Waals surface area contributed by atoms with Gasteiger partial charge < -0.3 is 28.6 Å². The number of benzene rings is 1. The van der Waals surface area contributed by atoms with Crippen molar-refractivity contribution in [3.8, 4) is 17.3 Å². The third-order valence-electron chi connectivity index (χ3n) is 8.47. The van der Waals surface area contributed by atoms with Gasteiger partial charge in [-0.05, 0) is 82.2 Å². The molecule has 2 unspecified atom stereocenters. The summed E-state index contributed by atoms with van der Waals surface area (Å²) in [5.74, 6) is -0.987. The number of hydrogen-bond acceptors (Lipinski definition) is 7. The van der Waals surface area contributed by atoms with Crippen molar-refractivity contribution >= 4 is 39.9 Å². The van der Waals surface area contributed by atoms with E-state index < -0.39 is 23.5 Å². The number of aromatic nitrogens is 4. The summed E-state index contributed by atoms with van der Waals surface area (Å²) in [5.41, 5.74) is 2.91. The molecule has 1 aliphatic heterocycles. The molecule has 232 valence electrons. The molecule has 1 N–H and O–H groups in total. The molecular formula is C33H39N5O6. The van der Waals surface area contributed by atoms with Crippen LogP contribution in [-0.2, 0) is 27.9 Å². The number of aliphatic carboxylic acids is 1. The molecule has 1 saturated heterocycles. The van der Waals surface area contributed by atoms with E-state index in [1.807, 2.05) is 23.7 Å². The maximum Gasteiger partial charge on any atom is 0.308 e. The number of carbonyl (C=O) groups is 3. The number of likely N-dealkylation sites (tertiary alicyclic amines) is 1. The number of carbonyl (C=O) groups excluding carboxylic acids is 2. The normalized spacial score (nSPS) is 19.0. The lowest BCUT2D eigenvalue weighted by atomic mass is 9.86. The maximum absolute atomic E-state index is 13.9. The van der Waals surface area contributed by atoms with E-state index in [1.165, 1.54) is 17.7 Å². The van der Waals surface area contributed by atoms with E-state index in [0.717, 1.165) is 34.6 Å². The van der Waals surface area contributed by atoms with Crippen LogP contribution in [0.2, 0.25) is 0 Å². The first-order chi connectivity index (χ1) is 20.9. The predicted octanol–water partition coefficient (Wildman–Crippen LogP) is 4.90. The van der Waals surface area contributed by atoms with Gasteiger partial charge in [0.25, 0.3) is 5.91 Å². The zero-order valence-electron chi connectivity index (χ0n) is 25.9. The Balaban J connectivity index is 1.34. The van der Waals surface area contributed by atoms with E-state index in [2.05, 4.69) is 15.6 Å². The quantitative estimate of drug-likeness (QED) is 0.282. The molecule has 0 bridgehead atoms. The van der Waals surface area contributed by atoms with Crippen LogP contribution >= 0.6 is 0 Å². The average molecular weight is 602 g/mol. The third kappa shape index (κ3) is 5.87. The molecule has 1 aromatic carbocycles. The number of esters is 1. The number of imidazole rings is 1. The van der Waals surface area contributed by atoms with Crippen molar-refractivity contribution in [3.05, 3.63) is 42.1 Å². The van der Waals surface area contributed by atoms with Gasteiger partial charge in [0.2, 0.25) is 0 Å². The number of pyridine rings is 1. The lowest BCUT2D eigenvalue weighted by Crippen LogP contribution is -2.47. The van der Waals surface area contributed by atoms with Crippen molar-refractivity contribution < 1.29 is 29.0 Å². The van der Waals surface area contributed by atoms with Crippen molar-refractivity contribution in [3.63, 3.8) is 0 Å². The van der Waals surface area contributed by atoms with Crippen LogP contribution in [0.3, 0.4) is 0 Å². The predicted molar refractivity (Wildman–Crippen MR) is 164 cm³/mol. The molecule has 6 rings (SSSR count). The van der Waals surface area contributed by atoms with Crippen LogP contribution in [-0.4, -0.2) is 72.8 Å². The second-order valence-electron chi connectivity index (χ2n) is 13.2. The highest BCUT2D eigenvalue weighted by molar-refractivity contribution is 6.00. The molecule has 4 heterocycles. The first kappa shape index (κ1) is 29.7. The number of carboxylic acid groups (broad SMARTS) is 1. The number of aryl methyl sites for hydroxylation is 1. The van der Waals surface area contributed by atoms with Gasteiger partial charge in [0.05, 0.1) is 30.7 Å². The summed E-state index contributed by atoms with van der Waals surface area (Å²) in [4.78, 5) is 49.7. The molecule has 1 aliphatic carbocycles. The highest BCUT2D eigenvalue weighted by Gasteiger charge is 2.36. The van der Waals surface area contributed by atoms with Gasteiger partial charge in [-0.2, -0.15) is 0 Å². The number of carboxylic acids is 1. The Kier molecular flexibility index (Phi) is 7.59. The summed E-state index contributed by atoms with van der Waals surface area (Å²) in [6.45, 7) is 6.54. The number of amides is 1. The Morgan fingerprint density at radius 2 is 1.86 bits per heavy atom.